The Morgan fingerprint density at radius 3 is 0.654 bits per heavy atom. The predicted octanol–water partition coefficient (Wildman–Crippen LogP) is 4.65. The average Bonchev–Trinajstić information content (AvgIpc) is 2.67. The molecule has 0 atom stereocenters. The number of rotatable bonds is 12. The third-order valence-electron chi connectivity index (χ3n) is 6.10. The van der Waals surface area contributed by atoms with E-state index in [9.17, 15) is 0 Å². The van der Waals surface area contributed by atoms with Crippen LogP contribution < -0.4 is 20.7 Å². The Labute approximate surface area is 171 Å². The standard InChI is InChI=1S/C22H42Si4/c1-9-23(10-2)19-17-21(25(13-5)14-6)22(26(15-7)16-8)18-20(19)24(11-3)12-4/h17-18H,9-16H2,1-8H3. The zero-order valence-electron chi connectivity index (χ0n) is 18.8. The van der Waals surface area contributed by atoms with E-state index in [4.69, 9.17) is 0 Å². The van der Waals surface area contributed by atoms with E-state index in [0.29, 0.717) is 0 Å². The number of hydrogen-bond donors (Lipinski definition) is 0. The predicted molar refractivity (Wildman–Crippen MR) is 132 cm³/mol. The summed E-state index contributed by atoms with van der Waals surface area (Å²) in [6.07, 6.45) is 0. The first-order valence-electron chi connectivity index (χ1n) is 11.1. The minimum absolute atomic E-state index is 0.368. The van der Waals surface area contributed by atoms with Crippen molar-refractivity contribution in [3.8, 4) is 0 Å². The van der Waals surface area contributed by atoms with Gasteiger partial charge in [0.2, 0.25) is 0 Å². The molecule has 0 heterocycles. The van der Waals surface area contributed by atoms with Gasteiger partial charge >= 0.3 is 0 Å². The van der Waals surface area contributed by atoms with Crippen LogP contribution in [0.5, 0.6) is 0 Å². The average molecular weight is 419 g/mol. The Morgan fingerprint density at radius 2 is 0.538 bits per heavy atom. The van der Waals surface area contributed by atoms with E-state index < -0.39 is 0 Å². The van der Waals surface area contributed by atoms with Crippen molar-refractivity contribution >= 4 is 55.9 Å². The lowest BCUT2D eigenvalue weighted by Gasteiger charge is -2.28. The van der Waals surface area contributed by atoms with Crippen molar-refractivity contribution in [3.63, 3.8) is 0 Å². The first-order chi connectivity index (χ1) is 12.6. The molecule has 146 valence electrons. The maximum atomic E-state index is 2.82. The van der Waals surface area contributed by atoms with Gasteiger partial charge in [0.15, 0.2) is 0 Å². The summed E-state index contributed by atoms with van der Waals surface area (Å²) < 4.78 is 0. The van der Waals surface area contributed by atoms with E-state index >= 15 is 0 Å². The van der Waals surface area contributed by atoms with E-state index in [1.165, 1.54) is 48.4 Å². The third kappa shape index (κ3) is 5.55. The Balaban J connectivity index is 3.73. The molecule has 0 bridgehead atoms. The van der Waals surface area contributed by atoms with Gasteiger partial charge in [0.05, 0.1) is 35.2 Å². The van der Waals surface area contributed by atoms with E-state index in [0.717, 1.165) is 0 Å². The van der Waals surface area contributed by atoms with Crippen molar-refractivity contribution in [2.75, 3.05) is 0 Å². The van der Waals surface area contributed by atoms with Crippen molar-refractivity contribution in [3.05, 3.63) is 12.1 Å². The van der Waals surface area contributed by atoms with Gasteiger partial charge in [-0.15, -0.1) is 0 Å². The molecule has 0 aliphatic carbocycles. The van der Waals surface area contributed by atoms with Crippen LogP contribution >= 0.6 is 0 Å². The SMILES string of the molecule is CC[Si](CC)c1cc([Si](CC)CC)c([Si](CC)CC)cc1[Si](CC)CC. The van der Waals surface area contributed by atoms with Crippen molar-refractivity contribution in [1.82, 2.24) is 0 Å². The zero-order valence-corrected chi connectivity index (χ0v) is 22.8. The quantitative estimate of drug-likeness (QED) is 0.433. The fourth-order valence-electron chi connectivity index (χ4n) is 4.29. The van der Waals surface area contributed by atoms with Crippen LogP contribution in [0.4, 0.5) is 0 Å². The van der Waals surface area contributed by atoms with E-state index in [1.54, 1.807) is 0 Å². The van der Waals surface area contributed by atoms with Gasteiger partial charge in [-0.05, 0) is 0 Å². The topological polar surface area (TPSA) is 0 Å². The smallest absolute Gasteiger partial charge is 0.0677 e. The second-order valence-corrected chi connectivity index (χ2v) is 19.8. The molecule has 0 saturated carbocycles. The first kappa shape index (κ1) is 24.1. The highest BCUT2D eigenvalue weighted by atomic mass is 28.3. The van der Waals surface area contributed by atoms with Crippen LogP contribution in [0, 0.1) is 0 Å². The largest absolute Gasteiger partial charge is 0.0849 e. The maximum absolute atomic E-state index is 2.82. The van der Waals surface area contributed by atoms with Crippen molar-refractivity contribution in [2.24, 2.45) is 0 Å². The second kappa shape index (κ2) is 12.5. The lowest BCUT2D eigenvalue weighted by Crippen LogP contribution is -2.58. The lowest BCUT2D eigenvalue weighted by molar-refractivity contribution is 1.31. The molecule has 1 rings (SSSR count). The Kier molecular flexibility index (Phi) is 11.6. The molecular weight excluding hydrogens is 377 g/mol. The molecule has 4 heteroatoms. The van der Waals surface area contributed by atoms with Gasteiger partial charge in [-0.1, -0.05) is 137 Å². The third-order valence-corrected chi connectivity index (χ3v) is 18.1. The molecule has 0 unspecified atom stereocenters. The maximum Gasteiger partial charge on any atom is 0.0849 e. The molecule has 26 heavy (non-hydrogen) atoms. The van der Waals surface area contributed by atoms with Gasteiger partial charge in [0.1, 0.15) is 0 Å². The second-order valence-electron chi connectivity index (χ2n) is 7.19. The molecule has 4 radical (unpaired) electrons. The summed E-state index contributed by atoms with van der Waals surface area (Å²) in [5.41, 5.74) is 0. The van der Waals surface area contributed by atoms with Gasteiger partial charge < -0.3 is 0 Å². The minimum Gasteiger partial charge on any atom is -0.0677 e. The van der Waals surface area contributed by atoms with E-state index in [2.05, 4.69) is 67.5 Å². The highest BCUT2D eigenvalue weighted by molar-refractivity contribution is 6.88. The fourth-order valence-corrected chi connectivity index (χ4v) is 15.0. The van der Waals surface area contributed by atoms with Crippen molar-refractivity contribution < 1.29 is 0 Å². The minimum atomic E-state index is -0.368. The first-order valence-corrected chi connectivity index (χ1v) is 18.8. The van der Waals surface area contributed by atoms with Gasteiger partial charge in [-0.25, -0.2) is 0 Å². The van der Waals surface area contributed by atoms with Crippen LogP contribution in [-0.2, 0) is 0 Å². The zero-order chi connectivity index (χ0) is 19.7. The number of hydrogen-bond acceptors (Lipinski definition) is 0. The molecular formula is C22H42Si4. The Bertz CT molecular complexity index is 423. The van der Waals surface area contributed by atoms with Crippen molar-refractivity contribution in [1.29, 1.82) is 0 Å². The molecule has 0 aliphatic rings. The van der Waals surface area contributed by atoms with Crippen LogP contribution in [-0.4, -0.2) is 35.2 Å². The molecule has 1 aromatic rings. The fraction of sp³-hybridized carbons (Fsp3) is 0.727. The summed E-state index contributed by atoms with van der Waals surface area (Å²) in [5, 5.41) is 7.48. The highest BCUT2D eigenvalue weighted by Crippen LogP contribution is 2.08. The van der Waals surface area contributed by atoms with Gasteiger partial charge in [0, 0.05) is 0 Å². The number of benzene rings is 1. The van der Waals surface area contributed by atoms with E-state index in [-0.39, 0.29) is 35.2 Å². The molecule has 0 amide bonds. The normalized spacial score (nSPS) is 12.2. The molecule has 0 aliphatic heterocycles. The summed E-state index contributed by atoms with van der Waals surface area (Å²) in [4.78, 5) is 0. The summed E-state index contributed by atoms with van der Waals surface area (Å²) in [6.45, 7) is 19.5. The van der Waals surface area contributed by atoms with Crippen LogP contribution in [0.2, 0.25) is 48.4 Å². The Hall–Kier alpha value is 0.0875. The Morgan fingerprint density at radius 1 is 0.385 bits per heavy atom. The molecule has 0 aromatic heterocycles. The van der Waals surface area contributed by atoms with Gasteiger partial charge in [-0.2, -0.15) is 0 Å². The van der Waals surface area contributed by atoms with Crippen molar-refractivity contribution in [2.45, 2.75) is 104 Å². The highest BCUT2D eigenvalue weighted by Gasteiger charge is 2.26. The summed E-state index contributed by atoms with van der Waals surface area (Å²) >= 11 is 0. The molecule has 1 aromatic carbocycles. The van der Waals surface area contributed by atoms with E-state index in [1.807, 2.05) is 20.7 Å². The van der Waals surface area contributed by atoms with Gasteiger partial charge in [-0.3, -0.25) is 0 Å². The summed E-state index contributed by atoms with van der Waals surface area (Å²) in [5.74, 6) is 0. The molecule has 0 N–H and O–H groups in total. The summed E-state index contributed by atoms with van der Waals surface area (Å²) in [6, 6.07) is 16.8. The molecule has 0 spiro atoms. The molecule has 0 fully saturated rings. The molecule has 0 saturated heterocycles. The molecule has 0 nitrogen and oxygen atoms in total. The lowest BCUT2D eigenvalue weighted by atomic mass is 10.3. The summed E-state index contributed by atoms with van der Waals surface area (Å²) in [7, 11) is -1.47. The van der Waals surface area contributed by atoms with Crippen LogP contribution in [0.25, 0.3) is 0 Å². The van der Waals surface area contributed by atoms with Crippen LogP contribution in [0.3, 0.4) is 0 Å². The van der Waals surface area contributed by atoms with Crippen LogP contribution in [0.15, 0.2) is 12.1 Å². The van der Waals surface area contributed by atoms with Gasteiger partial charge in [0.25, 0.3) is 0 Å². The monoisotopic (exact) mass is 418 g/mol. The van der Waals surface area contributed by atoms with Crippen LogP contribution in [0.1, 0.15) is 55.4 Å².